The van der Waals surface area contributed by atoms with Crippen LogP contribution in [0, 0.1) is 5.92 Å². The Kier molecular flexibility index (Phi) is 5.68. The van der Waals surface area contributed by atoms with E-state index in [0.717, 1.165) is 55.5 Å². The summed E-state index contributed by atoms with van der Waals surface area (Å²) in [4.78, 5) is 30.8. The van der Waals surface area contributed by atoms with Gasteiger partial charge in [0.05, 0.1) is 0 Å². The topological polar surface area (TPSA) is 55.7 Å². The van der Waals surface area contributed by atoms with Gasteiger partial charge in [-0.2, -0.15) is 0 Å². The molecule has 0 radical (unpaired) electrons. The molecule has 4 rings (SSSR count). The van der Waals surface area contributed by atoms with Crippen LogP contribution < -0.4 is 0 Å². The van der Waals surface area contributed by atoms with Gasteiger partial charge in [-0.1, -0.05) is 30.2 Å². The lowest BCUT2D eigenvalue weighted by molar-refractivity contribution is -0.153. The summed E-state index contributed by atoms with van der Waals surface area (Å²) in [7, 11) is 0. The average molecular weight is 400 g/mol. The van der Waals surface area contributed by atoms with Crippen molar-refractivity contribution in [2.24, 2.45) is 10.9 Å². The molecule has 2 unspecified atom stereocenters. The second-order valence-electron chi connectivity index (χ2n) is 8.10. The number of carbonyl (C=O) groups is 2. The number of hydrogen-bond donors (Lipinski definition) is 0. The van der Waals surface area contributed by atoms with Crippen molar-refractivity contribution >= 4 is 29.1 Å². The van der Waals surface area contributed by atoms with Crippen LogP contribution in [0.3, 0.4) is 0 Å². The lowest BCUT2D eigenvalue weighted by Crippen LogP contribution is -2.38. The van der Waals surface area contributed by atoms with E-state index in [0.29, 0.717) is 17.0 Å². The van der Waals surface area contributed by atoms with Crippen molar-refractivity contribution in [3.05, 3.63) is 46.1 Å². The van der Waals surface area contributed by atoms with Crippen molar-refractivity contribution in [3.63, 3.8) is 0 Å². The molecule has 0 spiro atoms. The van der Waals surface area contributed by atoms with Gasteiger partial charge < -0.3 is 4.74 Å². The van der Waals surface area contributed by atoms with Crippen LogP contribution in [0.15, 0.2) is 40.5 Å². The normalized spacial score (nSPS) is 25.9. The van der Waals surface area contributed by atoms with E-state index in [9.17, 15) is 9.59 Å². The van der Waals surface area contributed by atoms with Crippen LogP contribution in [0.5, 0.6) is 0 Å². The van der Waals surface area contributed by atoms with Gasteiger partial charge in [0, 0.05) is 34.3 Å². The van der Waals surface area contributed by atoms with Gasteiger partial charge in [0.25, 0.3) is 0 Å². The fourth-order valence-electron chi connectivity index (χ4n) is 4.79. The minimum atomic E-state index is -0.568. The summed E-state index contributed by atoms with van der Waals surface area (Å²) in [5.41, 5.74) is 3.14. The van der Waals surface area contributed by atoms with Crippen molar-refractivity contribution in [1.82, 2.24) is 0 Å². The zero-order valence-electron chi connectivity index (χ0n) is 16.2. The van der Waals surface area contributed by atoms with E-state index in [1.807, 2.05) is 31.2 Å². The standard InChI is InChI=1S/C23H26ClNO3/c1-14-20(23(27)28-17-9-3-2-4-10-17)21(15-7-5-8-16(24)13-15)22-18(25-14)11-6-12-19(22)26/h5,7-8,13,17,20-21H,2-4,6,9-12H2,1H3. The number of ether oxygens (including phenoxy) is 1. The Balaban J connectivity index is 1.72. The van der Waals surface area contributed by atoms with Crippen LogP contribution >= 0.6 is 11.6 Å². The van der Waals surface area contributed by atoms with E-state index in [-0.39, 0.29) is 23.8 Å². The number of halogens is 1. The van der Waals surface area contributed by atoms with E-state index in [4.69, 9.17) is 21.3 Å². The highest BCUT2D eigenvalue weighted by Crippen LogP contribution is 2.44. The van der Waals surface area contributed by atoms with Gasteiger partial charge in [-0.25, -0.2) is 0 Å². The van der Waals surface area contributed by atoms with Crippen LogP contribution in [-0.4, -0.2) is 23.6 Å². The Morgan fingerprint density at radius 2 is 1.93 bits per heavy atom. The van der Waals surface area contributed by atoms with Crippen LogP contribution in [0.25, 0.3) is 0 Å². The number of Topliss-reactive ketones (excluding diaryl/α,β-unsaturated/α-hetero) is 1. The van der Waals surface area contributed by atoms with Crippen LogP contribution in [-0.2, 0) is 14.3 Å². The fourth-order valence-corrected chi connectivity index (χ4v) is 4.99. The molecule has 0 bridgehead atoms. The van der Waals surface area contributed by atoms with Crippen molar-refractivity contribution < 1.29 is 14.3 Å². The highest BCUT2D eigenvalue weighted by atomic mass is 35.5. The maximum absolute atomic E-state index is 13.3. The van der Waals surface area contributed by atoms with Crippen molar-refractivity contribution in [1.29, 1.82) is 0 Å². The van der Waals surface area contributed by atoms with Crippen molar-refractivity contribution in [3.8, 4) is 0 Å². The maximum atomic E-state index is 13.3. The van der Waals surface area contributed by atoms with Crippen molar-refractivity contribution in [2.75, 3.05) is 0 Å². The number of allylic oxidation sites excluding steroid dienone is 2. The first kappa shape index (κ1) is 19.4. The second-order valence-corrected chi connectivity index (χ2v) is 8.53. The summed E-state index contributed by atoms with van der Waals surface area (Å²) < 4.78 is 5.91. The molecule has 3 aliphatic rings. The first-order chi connectivity index (χ1) is 13.5. The third-order valence-electron chi connectivity index (χ3n) is 6.13. The lowest BCUT2D eigenvalue weighted by Gasteiger charge is -2.35. The van der Waals surface area contributed by atoms with Gasteiger partial charge in [0.1, 0.15) is 12.0 Å². The SMILES string of the molecule is CC1=NC2=C(C(=O)CCC2)C(c2cccc(Cl)c2)C1C(=O)OC1CCCCC1. The number of ketones is 1. The van der Waals surface area contributed by atoms with E-state index < -0.39 is 5.92 Å². The quantitative estimate of drug-likeness (QED) is 0.639. The molecule has 1 aliphatic heterocycles. The molecule has 1 fully saturated rings. The number of rotatable bonds is 3. The Labute approximate surface area is 171 Å². The number of carbonyl (C=O) groups excluding carboxylic acids is 2. The van der Waals surface area contributed by atoms with Gasteiger partial charge in [0.2, 0.25) is 0 Å². The predicted octanol–water partition coefficient (Wildman–Crippen LogP) is 5.40. The maximum Gasteiger partial charge on any atom is 0.315 e. The van der Waals surface area contributed by atoms with Crippen LogP contribution in [0.1, 0.15) is 69.8 Å². The molecule has 148 valence electrons. The molecule has 5 heteroatoms. The van der Waals surface area contributed by atoms with E-state index in [1.54, 1.807) is 0 Å². The molecule has 0 aromatic heterocycles. The Bertz CT molecular complexity index is 851. The first-order valence-electron chi connectivity index (χ1n) is 10.3. The van der Waals surface area contributed by atoms with Crippen LogP contribution in [0.4, 0.5) is 0 Å². The number of hydrogen-bond acceptors (Lipinski definition) is 4. The third kappa shape index (κ3) is 3.80. The largest absolute Gasteiger partial charge is 0.462 e. The van der Waals surface area contributed by atoms with E-state index in [1.165, 1.54) is 6.42 Å². The van der Waals surface area contributed by atoms with Gasteiger partial charge in [-0.15, -0.1) is 0 Å². The fraction of sp³-hybridized carbons (Fsp3) is 0.522. The second kappa shape index (κ2) is 8.20. The van der Waals surface area contributed by atoms with E-state index >= 15 is 0 Å². The molecule has 1 aromatic rings. The van der Waals surface area contributed by atoms with Gasteiger partial charge >= 0.3 is 5.97 Å². The molecular formula is C23H26ClNO3. The molecule has 2 aliphatic carbocycles. The summed E-state index contributed by atoms with van der Waals surface area (Å²) >= 11 is 6.25. The van der Waals surface area contributed by atoms with E-state index in [2.05, 4.69) is 0 Å². The smallest absolute Gasteiger partial charge is 0.315 e. The Morgan fingerprint density at radius 1 is 1.14 bits per heavy atom. The summed E-state index contributed by atoms with van der Waals surface area (Å²) in [5.74, 6) is -1.10. The lowest BCUT2D eigenvalue weighted by atomic mass is 9.72. The Hall–Kier alpha value is -1.94. The number of benzene rings is 1. The molecule has 1 heterocycles. The minimum Gasteiger partial charge on any atom is -0.462 e. The molecule has 2 atom stereocenters. The molecule has 1 saturated carbocycles. The van der Waals surface area contributed by atoms with Crippen molar-refractivity contribution in [2.45, 2.75) is 70.3 Å². The average Bonchev–Trinajstić information content (AvgIpc) is 2.68. The summed E-state index contributed by atoms with van der Waals surface area (Å²) in [5, 5.41) is 0.600. The molecular weight excluding hydrogens is 374 g/mol. The third-order valence-corrected chi connectivity index (χ3v) is 6.37. The highest BCUT2D eigenvalue weighted by Gasteiger charge is 2.43. The highest BCUT2D eigenvalue weighted by molar-refractivity contribution is 6.30. The van der Waals surface area contributed by atoms with Gasteiger partial charge in [0.15, 0.2) is 5.78 Å². The molecule has 0 saturated heterocycles. The zero-order chi connectivity index (χ0) is 19.7. The minimum absolute atomic E-state index is 0.0218. The van der Waals surface area contributed by atoms with Gasteiger partial charge in [-0.05, 0) is 63.1 Å². The molecule has 1 aromatic carbocycles. The number of esters is 1. The predicted molar refractivity (Wildman–Crippen MR) is 110 cm³/mol. The summed E-state index contributed by atoms with van der Waals surface area (Å²) in [6.07, 6.45) is 7.32. The molecule has 0 N–H and O–H groups in total. The molecule has 0 amide bonds. The zero-order valence-corrected chi connectivity index (χ0v) is 17.0. The monoisotopic (exact) mass is 399 g/mol. The number of nitrogens with zero attached hydrogens (tertiary/aromatic N) is 1. The molecule has 28 heavy (non-hydrogen) atoms. The first-order valence-corrected chi connectivity index (χ1v) is 10.7. The molecule has 4 nitrogen and oxygen atoms in total. The summed E-state index contributed by atoms with van der Waals surface area (Å²) in [6, 6.07) is 7.48. The van der Waals surface area contributed by atoms with Gasteiger partial charge in [-0.3, -0.25) is 14.6 Å². The Morgan fingerprint density at radius 3 is 2.68 bits per heavy atom. The summed E-state index contributed by atoms with van der Waals surface area (Å²) in [6.45, 7) is 1.88. The number of aliphatic imine (C=N–C) groups is 1. The van der Waals surface area contributed by atoms with Crippen LogP contribution in [0.2, 0.25) is 5.02 Å².